The van der Waals surface area contributed by atoms with Crippen LogP contribution in [0.5, 0.6) is 0 Å². The van der Waals surface area contributed by atoms with Gasteiger partial charge in [-0.15, -0.1) is 0 Å². The van der Waals surface area contributed by atoms with E-state index in [2.05, 4.69) is 20.3 Å². The number of rotatable bonds is 8. The number of nitrogens with zero attached hydrogens (tertiary/aromatic N) is 4. The molecule has 6 N–H and O–H groups in total. The van der Waals surface area contributed by atoms with Crippen LogP contribution < -0.4 is 11.1 Å². The third-order valence-electron chi connectivity index (χ3n) is 4.47. The maximum absolute atomic E-state index is 11.3. The van der Waals surface area contributed by atoms with Crippen molar-refractivity contribution < 1.29 is 24.9 Å². The van der Waals surface area contributed by atoms with Crippen LogP contribution in [0, 0.1) is 0 Å². The van der Waals surface area contributed by atoms with Crippen molar-refractivity contribution in [3.8, 4) is 0 Å². The lowest BCUT2D eigenvalue weighted by Crippen LogP contribution is -2.44. The molecule has 2 aromatic heterocycles. The molecule has 0 aromatic carbocycles. The van der Waals surface area contributed by atoms with Crippen LogP contribution in [0.15, 0.2) is 12.7 Å². The smallest absolute Gasteiger partial charge is 0.320 e. The number of aliphatic carboxylic acids is 1. The van der Waals surface area contributed by atoms with E-state index in [-0.39, 0.29) is 25.9 Å². The van der Waals surface area contributed by atoms with E-state index in [0.29, 0.717) is 23.3 Å². The minimum Gasteiger partial charge on any atom is -0.480 e. The van der Waals surface area contributed by atoms with Crippen molar-refractivity contribution in [2.45, 2.75) is 37.0 Å². The van der Waals surface area contributed by atoms with Gasteiger partial charge in [0.1, 0.15) is 36.2 Å². The van der Waals surface area contributed by atoms with Gasteiger partial charge in [-0.1, -0.05) is 0 Å². The fraction of sp³-hybridized carbons (Fsp3) is 0.600. The summed E-state index contributed by atoms with van der Waals surface area (Å²) in [6, 6.07) is -0.758. The van der Waals surface area contributed by atoms with Gasteiger partial charge in [0.2, 0.25) is 0 Å². The molecule has 0 bridgehead atoms. The first-order valence-corrected chi connectivity index (χ1v) is 9.73. The first-order valence-electron chi connectivity index (χ1n) is 8.33. The van der Waals surface area contributed by atoms with Gasteiger partial charge >= 0.3 is 5.97 Å². The number of nitrogens with two attached hydrogens (primary N) is 1. The van der Waals surface area contributed by atoms with E-state index >= 15 is 0 Å². The molecule has 156 valence electrons. The number of imidazole rings is 1. The molecular weight excluding hydrogens is 408 g/mol. The number of fused-ring (bicyclic) bond motifs is 1. The molecule has 11 nitrogen and oxygen atoms in total. The highest BCUT2D eigenvalue weighted by atomic mass is 32.2. The largest absolute Gasteiger partial charge is 0.480 e. The Morgan fingerprint density at radius 2 is 2.14 bits per heavy atom. The van der Waals surface area contributed by atoms with Crippen LogP contribution in [-0.4, -0.2) is 83.7 Å². The predicted octanol–water partition coefficient (Wildman–Crippen LogP) is -1.06. The predicted molar refractivity (Wildman–Crippen MR) is 108 cm³/mol. The van der Waals surface area contributed by atoms with Crippen molar-refractivity contribution in [1.29, 1.82) is 0 Å². The SMILES string of the molecule is CSCCC(NC[C@H]1O[C@@H](n2cnc3c(N)ncnc32)[C@H](O)[C@@H]1O)C(=O)O.S. The second-order valence-electron chi connectivity index (χ2n) is 6.21. The highest BCUT2D eigenvalue weighted by Crippen LogP contribution is 2.31. The normalized spacial score (nSPS) is 25.5. The number of anilines is 1. The fourth-order valence-electron chi connectivity index (χ4n) is 2.99. The lowest BCUT2D eigenvalue weighted by Gasteiger charge is -2.19. The van der Waals surface area contributed by atoms with Gasteiger partial charge in [0, 0.05) is 6.54 Å². The molecule has 1 unspecified atom stereocenters. The Labute approximate surface area is 172 Å². The summed E-state index contributed by atoms with van der Waals surface area (Å²) in [5.74, 6) is -0.0876. The van der Waals surface area contributed by atoms with Gasteiger partial charge in [-0.3, -0.25) is 9.36 Å². The molecular formula is C15H24N6O5S2. The summed E-state index contributed by atoms with van der Waals surface area (Å²) in [6.07, 6.45) is 0.858. The molecule has 0 radical (unpaired) electrons. The molecule has 1 aliphatic rings. The molecule has 3 rings (SSSR count). The number of hydrogen-bond acceptors (Lipinski definition) is 10. The van der Waals surface area contributed by atoms with Crippen LogP contribution in [0.25, 0.3) is 11.2 Å². The van der Waals surface area contributed by atoms with Gasteiger partial charge in [0.15, 0.2) is 17.7 Å². The maximum atomic E-state index is 11.3. The molecule has 3 heterocycles. The Bertz CT molecular complexity index is 808. The van der Waals surface area contributed by atoms with Crippen molar-refractivity contribution in [2.24, 2.45) is 0 Å². The number of ether oxygens (including phenoxy) is 1. The number of nitrogens with one attached hydrogen (secondary N) is 1. The van der Waals surface area contributed by atoms with Crippen LogP contribution in [0.2, 0.25) is 0 Å². The average Bonchev–Trinajstić information content (AvgIpc) is 3.18. The van der Waals surface area contributed by atoms with Crippen LogP contribution in [0.3, 0.4) is 0 Å². The topological polar surface area (TPSA) is 169 Å². The van der Waals surface area contributed by atoms with E-state index in [1.165, 1.54) is 17.2 Å². The van der Waals surface area contributed by atoms with Gasteiger partial charge in [-0.2, -0.15) is 25.3 Å². The van der Waals surface area contributed by atoms with Crippen molar-refractivity contribution in [1.82, 2.24) is 24.8 Å². The van der Waals surface area contributed by atoms with Crippen molar-refractivity contribution in [2.75, 3.05) is 24.3 Å². The molecule has 1 fully saturated rings. The number of hydrogen-bond donors (Lipinski definition) is 5. The summed E-state index contributed by atoms with van der Waals surface area (Å²) < 4.78 is 7.25. The summed E-state index contributed by atoms with van der Waals surface area (Å²) in [7, 11) is 0. The molecule has 0 saturated carbocycles. The third kappa shape index (κ3) is 4.50. The maximum Gasteiger partial charge on any atom is 0.320 e. The minimum atomic E-state index is -1.24. The number of carboxylic acids is 1. The second kappa shape index (κ2) is 9.71. The average molecular weight is 433 g/mol. The zero-order chi connectivity index (χ0) is 19.6. The van der Waals surface area contributed by atoms with Crippen LogP contribution in [0.1, 0.15) is 12.6 Å². The standard InChI is InChI=1S/C15H22N6O5S.H2S/c1-27-3-2-7(15(24)25)17-4-8-10(22)11(23)14(26-8)21-6-20-9-12(16)18-5-19-13(9)21;/h5-8,10-11,14,17,22-23H,2-4H2,1H3,(H,24,25)(H2,16,18,19);1H2/t7?,8-,10-,11-,14-;/m1./s1. The molecule has 1 saturated heterocycles. The second-order valence-corrected chi connectivity index (χ2v) is 7.20. The number of thioether (sulfide) groups is 1. The number of aliphatic hydroxyl groups excluding tert-OH is 2. The van der Waals surface area contributed by atoms with Gasteiger partial charge in [-0.05, 0) is 18.4 Å². The summed E-state index contributed by atoms with van der Waals surface area (Å²) in [6.45, 7) is 0.0732. The Balaban J connectivity index is 0.00000280. The number of carboxylic acid groups (broad SMARTS) is 1. The van der Waals surface area contributed by atoms with Crippen LogP contribution in [-0.2, 0) is 9.53 Å². The monoisotopic (exact) mass is 432 g/mol. The van der Waals surface area contributed by atoms with Crippen molar-refractivity contribution >= 4 is 48.2 Å². The van der Waals surface area contributed by atoms with Gasteiger partial charge in [-0.25, -0.2) is 15.0 Å². The number of aliphatic hydroxyl groups is 2. The van der Waals surface area contributed by atoms with Gasteiger partial charge in [0.25, 0.3) is 0 Å². The number of carbonyl (C=O) groups is 1. The fourth-order valence-corrected chi connectivity index (χ4v) is 3.46. The highest BCUT2D eigenvalue weighted by Gasteiger charge is 2.44. The van der Waals surface area contributed by atoms with E-state index in [1.54, 1.807) is 11.8 Å². The molecule has 13 heteroatoms. The minimum absolute atomic E-state index is 0. The Kier molecular flexibility index (Phi) is 7.86. The molecule has 0 spiro atoms. The Hall–Kier alpha value is -1.64. The van der Waals surface area contributed by atoms with Crippen LogP contribution in [0.4, 0.5) is 5.82 Å². The Morgan fingerprint density at radius 3 is 2.82 bits per heavy atom. The van der Waals surface area contributed by atoms with E-state index in [1.807, 2.05) is 6.26 Å². The first-order chi connectivity index (χ1) is 12.9. The summed E-state index contributed by atoms with van der Waals surface area (Å²) in [5, 5.41) is 32.9. The first kappa shape index (κ1) is 22.6. The molecule has 2 aromatic rings. The van der Waals surface area contributed by atoms with E-state index < -0.39 is 36.6 Å². The summed E-state index contributed by atoms with van der Waals surface area (Å²) in [4.78, 5) is 23.4. The third-order valence-corrected chi connectivity index (χ3v) is 5.12. The molecule has 28 heavy (non-hydrogen) atoms. The van der Waals surface area contributed by atoms with Crippen LogP contribution >= 0.6 is 25.3 Å². The van der Waals surface area contributed by atoms with E-state index in [4.69, 9.17) is 10.5 Å². The van der Waals surface area contributed by atoms with Gasteiger partial charge in [0.05, 0.1) is 6.33 Å². The zero-order valence-electron chi connectivity index (χ0n) is 15.1. The van der Waals surface area contributed by atoms with Crippen molar-refractivity contribution in [3.63, 3.8) is 0 Å². The quantitative estimate of drug-likeness (QED) is 0.344. The highest BCUT2D eigenvalue weighted by molar-refractivity contribution is 7.98. The van der Waals surface area contributed by atoms with Crippen molar-refractivity contribution in [3.05, 3.63) is 12.7 Å². The Morgan fingerprint density at radius 1 is 1.39 bits per heavy atom. The molecule has 1 aliphatic heterocycles. The summed E-state index contributed by atoms with van der Waals surface area (Å²) in [5.41, 5.74) is 6.50. The number of aromatic nitrogens is 4. The zero-order valence-corrected chi connectivity index (χ0v) is 16.9. The molecule has 0 aliphatic carbocycles. The summed E-state index contributed by atoms with van der Waals surface area (Å²) >= 11 is 1.55. The lowest BCUT2D eigenvalue weighted by molar-refractivity contribution is -0.139. The van der Waals surface area contributed by atoms with Gasteiger partial charge < -0.3 is 31.1 Å². The van der Waals surface area contributed by atoms with E-state index in [9.17, 15) is 20.1 Å². The van der Waals surface area contributed by atoms with E-state index in [0.717, 1.165) is 0 Å². The molecule has 0 amide bonds. The molecule has 5 atom stereocenters. The number of nitrogen functional groups attached to an aromatic ring is 1. The lowest BCUT2D eigenvalue weighted by atomic mass is 10.1.